The molecule has 0 aliphatic rings. The third kappa shape index (κ3) is 4.56. The van der Waals surface area contributed by atoms with Gasteiger partial charge in [-0.1, -0.05) is 0 Å². The van der Waals surface area contributed by atoms with Crippen molar-refractivity contribution >= 4 is 17.3 Å². The van der Waals surface area contributed by atoms with Gasteiger partial charge in [-0.3, -0.25) is 19.3 Å². The average Bonchev–Trinajstić information content (AvgIpc) is 3.31. The Morgan fingerprint density at radius 3 is 2.59 bits per heavy atom. The summed E-state index contributed by atoms with van der Waals surface area (Å²) in [6.45, 7) is 6.11. The second-order valence-electron chi connectivity index (χ2n) is 7.66. The zero-order valence-electron chi connectivity index (χ0n) is 18.4. The predicted molar refractivity (Wildman–Crippen MR) is 119 cm³/mol. The van der Waals surface area contributed by atoms with Gasteiger partial charge >= 0.3 is 0 Å². The number of nitrogens with zero attached hydrogens (tertiary/aromatic N) is 6. The van der Waals surface area contributed by atoms with Crippen molar-refractivity contribution in [3.05, 3.63) is 65.5 Å². The molecule has 0 aliphatic carbocycles. The number of carbonyl (C=O) groups is 2. The zero-order chi connectivity index (χ0) is 22.7. The van der Waals surface area contributed by atoms with Crippen LogP contribution in [0.4, 0.5) is 0 Å². The molecule has 4 aromatic rings. The normalized spacial score (nSPS) is 11.1. The van der Waals surface area contributed by atoms with Crippen molar-refractivity contribution in [3.63, 3.8) is 0 Å². The number of pyridine rings is 1. The quantitative estimate of drug-likeness (QED) is 0.430. The van der Waals surface area contributed by atoms with Crippen LogP contribution in [0.1, 0.15) is 40.8 Å². The second kappa shape index (κ2) is 9.09. The number of rotatable bonds is 8. The second-order valence-corrected chi connectivity index (χ2v) is 7.66. The minimum Gasteiger partial charge on any atom is -0.356 e. The Hall–Kier alpha value is -3.88. The molecule has 0 spiro atoms. The number of hydrogen-bond donors (Lipinski definition) is 1. The third-order valence-electron chi connectivity index (χ3n) is 5.34. The Kier molecular flexibility index (Phi) is 6.07. The van der Waals surface area contributed by atoms with Crippen LogP contribution in [0, 0.1) is 13.8 Å². The molecule has 0 saturated heterocycles. The van der Waals surface area contributed by atoms with Crippen LogP contribution in [0.25, 0.3) is 16.9 Å². The molecule has 0 fully saturated rings. The monoisotopic (exact) mass is 431 g/mol. The van der Waals surface area contributed by atoms with Crippen molar-refractivity contribution in [2.75, 3.05) is 6.54 Å². The van der Waals surface area contributed by atoms with Gasteiger partial charge in [-0.25, -0.2) is 9.50 Å². The van der Waals surface area contributed by atoms with Gasteiger partial charge in [0.25, 0.3) is 0 Å². The Bertz CT molecular complexity index is 1270. The summed E-state index contributed by atoms with van der Waals surface area (Å²) in [6, 6.07) is 7.67. The van der Waals surface area contributed by atoms with Crippen molar-refractivity contribution < 1.29 is 9.59 Å². The van der Waals surface area contributed by atoms with Gasteiger partial charge in [0, 0.05) is 61.8 Å². The van der Waals surface area contributed by atoms with E-state index in [0.29, 0.717) is 37.2 Å². The van der Waals surface area contributed by atoms with Gasteiger partial charge in [-0.2, -0.15) is 10.2 Å². The van der Waals surface area contributed by atoms with Crippen molar-refractivity contribution in [2.24, 2.45) is 0 Å². The van der Waals surface area contributed by atoms with E-state index in [1.165, 1.54) is 6.92 Å². The number of carbonyl (C=O) groups excluding carboxylic acids is 2. The van der Waals surface area contributed by atoms with Crippen LogP contribution in [-0.4, -0.2) is 47.6 Å². The molecule has 1 amide bonds. The lowest BCUT2D eigenvalue weighted by molar-refractivity contribution is -0.121. The van der Waals surface area contributed by atoms with E-state index < -0.39 is 0 Å². The maximum absolute atomic E-state index is 12.3. The van der Waals surface area contributed by atoms with E-state index >= 15 is 0 Å². The van der Waals surface area contributed by atoms with Gasteiger partial charge in [0.2, 0.25) is 5.91 Å². The number of ketones is 1. The van der Waals surface area contributed by atoms with E-state index in [9.17, 15) is 9.59 Å². The molecule has 9 nitrogen and oxygen atoms in total. The van der Waals surface area contributed by atoms with Crippen LogP contribution in [0.15, 0.2) is 42.9 Å². The van der Waals surface area contributed by atoms with Crippen molar-refractivity contribution in [1.82, 2.24) is 34.7 Å². The highest BCUT2D eigenvalue weighted by Crippen LogP contribution is 2.17. The molecule has 4 heterocycles. The molecule has 4 rings (SSSR count). The van der Waals surface area contributed by atoms with Gasteiger partial charge in [-0.15, -0.1) is 0 Å². The molecule has 0 saturated carbocycles. The van der Waals surface area contributed by atoms with Crippen LogP contribution in [0.5, 0.6) is 0 Å². The van der Waals surface area contributed by atoms with E-state index in [2.05, 4.69) is 25.5 Å². The lowest BCUT2D eigenvalue weighted by atomic mass is 10.1. The van der Waals surface area contributed by atoms with Gasteiger partial charge in [0.05, 0.1) is 22.6 Å². The minimum absolute atomic E-state index is 0.00876. The van der Waals surface area contributed by atoms with Crippen LogP contribution in [-0.2, 0) is 17.8 Å². The number of aromatic nitrogens is 6. The van der Waals surface area contributed by atoms with Crippen molar-refractivity contribution in [3.8, 4) is 11.3 Å². The van der Waals surface area contributed by atoms with Crippen molar-refractivity contribution in [1.29, 1.82) is 0 Å². The fourth-order valence-electron chi connectivity index (χ4n) is 3.78. The Balaban J connectivity index is 1.31. The number of amides is 1. The van der Waals surface area contributed by atoms with E-state index in [4.69, 9.17) is 0 Å². The maximum atomic E-state index is 12.3. The summed E-state index contributed by atoms with van der Waals surface area (Å²) in [5.41, 5.74) is 5.60. The number of fused-ring (bicyclic) bond motifs is 1. The number of hydrogen-bond acceptors (Lipinski definition) is 6. The highest BCUT2D eigenvalue weighted by molar-refractivity contribution is 5.96. The lowest BCUT2D eigenvalue weighted by Crippen LogP contribution is -2.27. The summed E-state index contributed by atoms with van der Waals surface area (Å²) in [5.74, 6) is -0.0747. The summed E-state index contributed by atoms with van der Waals surface area (Å²) in [4.78, 5) is 32.7. The topological polar surface area (TPSA) is 107 Å². The minimum atomic E-state index is -0.0659. The molecule has 1 N–H and O–H groups in total. The predicted octanol–water partition coefficient (Wildman–Crippen LogP) is 2.56. The van der Waals surface area contributed by atoms with E-state index in [-0.39, 0.29) is 11.7 Å². The van der Waals surface area contributed by atoms with E-state index in [1.54, 1.807) is 21.6 Å². The molecule has 0 unspecified atom stereocenters. The lowest BCUT2D eigenvalue weighted by Gasteiger charge is -2.06. The molecule has 4 aromatic heterocycles. The Morgan fingerprint density at radius 1 is 1.09 bits per heavy atom. The Labute approximate surface area is 185 Å². The largest absolute Gasteiger partial charge is 0.356 e. The summed E-state index contributed by atoms with van der Waals surface area (Å²) >= 11 is 0. The zero-order valence-corrected chi connectivity index (χ0v) is 18.4. The number of nitrogens with one attached hydrogen (secondary N) is 1. The maximum Gasteiger partial charge on any atom is 0.221 e. The molecule has 32 heavy (non-hydrogen) atoms. The summed E-state index contributed by atoms with van der Waals surface area (Å²) in [6.07, 6.45) is 6.25. The van der Waals surface area contributed by atoms with Crippen LogP contribution < -0.4 is 5.32 Å². The molecule has 0 atom stereocenters. The van der Waals surface area contributed by atoms with Crippen LogP contribution >= 0.6 is 0 Å². The number of Topliss-reactive ketones (excluding diaryl/α,β-unsaturated/α-hetero) is 1. The van der Waals surface area contributed by atoms with Gasteiger partial charge in [0.1, 0.15) is 0 Å². The summed E-state index contributed by atoms with van der Waals surface area (Å²) in [7, 11) is 0. The first kappa shape index (κ1) is 21.4. The van der Waals surface area contributed by atoms with Crippen LogP contribution in [0.2, 0.25) is 0 Å². The molecule has 0 aromatic carbocycles. The summed E-state index contributed by atoms with van der Waals surface area (Å²) in [5, 5.41) is 11.8. The average molecular weight is 432 g/mol. The van der Waals surface area contributed by atoms with E-state index in [1.807, 2.05) is 44.3 Å². The van der Waals surface area contributed by atoms with E-state index in [0.717, 1.165) is 28.3 Å². The molecule has 0 radical (unpaired) electrons. The summed E-state index contributed by atoms with van der Waals surface area (Å²) < 4.78 is 3.46. The molecular formula is C23H25N7O2. The fourth-order valence-corrected chi connectivity index (χ4v) is 3.78. The highest BCUT2D eigenvalue weighted by Gasteiger charge is 2.15. The molecule has 9 heteroatoms. The first-order valence-corrected chi connectivity index (χ1v) is 10.5. The Morgan fingerprint density at radius 2 is 1.88 bits per heavy atom. The first-order chi connectivity index (χ1) is 15.4. The fraction of sp³-hybridized carbons (Fsp3) is 0.304. The molecule has 0 bridgehead atoms. The first-order valence-electron chi connectivity index (χ1n) is 10.5. The van der Waals surface area contributed by atoms with Crippen LogP contribution in [0.3, 0.4) is 0 Å². The molecule has 164 valence electrons. The number of aryl methyl sites for hydroxylation is 2. The van der Waals surface area contributed by atoms with Gasteiger partial charge < -0.3 is 5.32 Å². The van der Waals surface area contributed by atoms with Gasteiger partial charge in [0.15, 0.2) is 11.4 Å². The van der Waals surface area contributed by atoms with Gasteiger partial charge in [-0.05, 0) is 39.0 Å². The third-order valence-corrected chi connectivity index (χ3v) is 5.34. The molecule has 0 aliphatic heterocycles. The standard InChI is InChI=1S/C23H25N7O2/c1-15-23(17(3)31)16(2)29(27-15)13-8-22(32)25-11-6-19-14-21-26-20(7-12-30(21)28-19)18-4-9-24-10-5-18/h4-5,7,9-10,12,14H,6,8,11,13H2,1-3H3,(H,25,32). The smallest absolute Gasteiger partial charge is 0.221 e. The van der Waals surface area contributed by atoms with Crippen molar-refractivity contribution in [2.45, 2.75) is 40.2 Å². The highest BCUT2D eigenvalue weighted by atomic mass is 16.1. The SMILES string of the molecule is CC(=O)c1c(C)nn(CCC(=O)NCCc2cc3nc(-c4ccncc4)ccn3n2)c1C. The molecular weight excluding hydrogens is 406 g/mol.